The van der Waals surface area contributed by atoms with Crippen molar-refractivity contribution in [2.45, 2.75) is 26.8 Å². The minimum Gasteiger partial charge on any atom is -0.548 e. The van der Waals surface area contributed by atoms with E-state index in [4.69, 9.17) is 21.7 Å². The van der Waals surface area contributed by atoms with Crippen LogP contribution in [0.15, 0.2) is 23.1 Å². The number of aliphatic carboxylic acids is 1. The molecule has 0 aliphatic carbocycles. The number of hydrogen-bond acceptors (Lipinski definition) is 7. The van der Waals surface area contributed by atoms with Gasteiger partial charge in [0.25, 0.3) is 5.91 Å². The molecule has 1 atom stereocenters. The molecular formula is C18H20NO5S2-. The van der Waals surface area contributed by atoms with Crippen LogP contribution in [0.4, 0.5) is 0 Å². The quantitative estimate of drug-likeness (QED) is 0.517. The number of carbonyl (C=O) groups is 2. The molecule has 0 N–H and O–H groups in total. The molecule has 1 heterocycles. The fraction of sp³-hybridized carbons (Fsp3) is 0.389. The van der Waals surface area contributed by atoms with Crippen molar-refractivity contribution in [2.24, 2.45) is 5.92 Å². The molecule has 0 radical (unpaired) electrons. The Morgan fingerprint density at radius 3 is 2.65 bits per heavy atom. The van der Waals surface area contributed by atoms with Crippen molar-refractivity contribution in [1.82, 2.24) is 4.90 Å². The molecule has 0 aromatic heterocycles. The summed E-state index contributed by atoms with van der Waals surface area (Å²) in [6.07, 6.45) is 1.64. The molecule has 140 valence electrons. The first kappa shape index (κ1) is 20.3. The molecule has 1 aliphatic heterocycles. The molecule has 8 heteroatoms. The van der Waals surface area contributed by atoms with Gasteiger partial charge in [-0.1, -0.05) is 50.0 Å². The Balaban J connectivity index is 2.44. The van der Waals surface area contributed by atoms with Crippen molar-refractivity contribution < 1.29 is 24.2 Å². The van der Waals surface area contributed by atoms with Gasteiger partial charge in [0.15, 0.2) is 11.5 Å². The Kier molecular flexibility index (Phi) is 6.66. The molecule has 1 aromatic rings. The zero-order valence-corrected chi connectivity index (χ0v) is 16.6. The SMILES string of the molecule is CCOc1c(/C=C2\SC(=S)N([C@H](C(=O)[O-])C(C)C)C2=O)cccc1OC. The predicted octanol–water partition coefficient (Wildman–Crippen LogP) is 2.07. The van der Waals surface area contributed by atoms with E-state index in [0.29, 0.717) is 28.6 Å². The number of rotatable bonds is 7. The van der Waals surface area contributed by atoms with Crippen LogP contribution >= 0.6 is 24.0 Å². The highest BCUT2D eigenvalue weighted by Crippen LogP contribution is 2.38. The highest BCUT2D eigenvalue weighted by molar-refractivity contribution is 8.26. The maximum absolute atomic E-state index is 12.8. The molecule has 0 unspecified atom stereocenters. The van der Waals surface area contributed by atoms with E-state index < -0.39 is 17.9 Å². The number of thioether (sulfide) groups is 1. The minimum atomic E-state index is -1.33. The van der Waals surface area contributed by atoms with E-state index in [2.05, 4.69) is 0 Å². The number of amides is 1. The van der Waals surface area contributed by atoms with Crippen LogP contribution in [-0.2, 0) is 9.59 Å². The summed E-state index contributed by atoms with van der Waals surface area (Å²) in [5, 5.41) is 11.5. The van der Waals surface area contributed by atoms with Crippen LogP contribution in [0.2, 0.25) is 0 Å². The lowest BCUT2D eigenvalue weighted by Crippen LogP contribution is -2.52. The minimum absolute atomic E-state index is 0.199. The van der Waals surface area contributed by atoms with Gasteiger partial charge in [-0.2, -0.15) is 0 Å². The fourth-order valence-corrected chi connectivity index (χ4v) is 3.96. The van der Waals surface area contributed by atoms with Gasteiger partial charge in [-0.05, 0) is 25.0 Å². The lowest BCUT2D eigenvalue weighted by Gasteiger charge is -2.30. The first-order chi connectivity index (χ1) is 12.3. The van der Waals surface area contributed by atoms with Gasteiger partial charge in [-0.15, -0.1) is 0 Å². The number of hydrogen-bond donors (Lipinski definition) is 0. The van der Waals surface area contributed by atoms with Crippen molar-refractivity contribution in [1.29, 1.82) is 0 Å². The molecule has 2 rings (SSSR count). The van der Waals surface area contributed by atoms with Gasteiger partial charge >= 0.3 is 0 Å². The Bertz CT molecular complexity index is 760. The molecule has 6 nitrogen and oxygen atoms in total. The number of carbonyl (C=O) groups excluding carboxylic acids is 2. The third kappa shape index (κ3) is 4.02. The molecule has 0 saturated carbocycles. The molecule has 26 heavy (non-hydrogen) atoms. The summed E-state index contributed by atoms with van der Waals surface area (Å²) in [4.78, 5) is 25.7. The number of ether oxygens (including phenoxy) is 2. The highest BCUT2D eigenvalue weighted by atomic mass is 32.2. The summed E-state index contributed by atoms with van der Waals surface area (Å²) in [6.45, 7) is 5.70. The second-order valence-electron chi connectivity index (χ2n) is 5.87. The summed E-state index contributed by atoms with van der Waals surface area (Å²) >= 11 is 6.30. The molecular weight excluding hydrogens is 374 g/mol. The standard InChI is InChI=1S/C18H21NO5S2/c1-5-24-15-11(7-6-8-12(15)23-4)9-13-16(20)19(18(25)26-13)14(10(2)3)17(21)22/h6-10,14H,5H2,1-4H3,(H,21,22)/p-1/b13-9-/t14-/m0/s1. The van der Waals surface area contributed by atoms with E-state index in [9.17, 15) is 14.7 Å². The number of carboxylic acids is 1. The van der Waals surface area contributed by atoms with Crippen LogP contribution in [0.3, 0.4) is 0 Å². The number of thiocarbonyl (C=S) groups is 1. The predicted molar refractivity (Wildman–Crippen MR) is 103 cm³/mol. The largest absolute Gasteiger partial charge is 0.548 e. The lowest BCUT2D eigenvalue weighted by molar-refractivity contribution is -0.311. The van der Waals surface area contributed by atoms with E-state index in [1.165, 1.54) is 7.11 Å². The first-order valence-corrected chi connectivity index (χ1v) is 9.32. The summed E-state index contributed by atoms with van der Waals surface area (Å²) < 4.78 is 11.1. The van der Waals surface area contributed by atoms with Gasteiger partial charge in [-0.25, -0.2) is 0 Å². The van der Waals surface area contributed by atoms with Crippen LogP contribution < -0.4 is 14.6 Å². The average Bonchev–Trinajstić information content (AvgIpc) is 2.84. The normalized spacial score (nSPS) is 17.1. The zero-order valence-electron chi connectivity index (χ0n) is 15.0. The Hall–Kier alpha value is -2.06. The third-order valence-corrected chi connectivity index (χ3v) is 5.11. The number of carboxylic acid groups (broad SMARTS) is 1. The molecule has 1 saturated heterocycles. The molecule has 1 fully saturated rings. The zero-order chi connectivity index (χ0) is 19.4. The van der Waals surface area contributed by atoms with Crippen LogP contribution in [0.25, 0.3) is 6.08 Å². The van der Waals surface area contributed by atoms with E-state index in [-0.39, 0.29) is 10.2 Å². The number of benzene rings is 1. The van der Waals surface area contributed by atoms with E-state index in [0.717, 1.165) is 16.7 Å². The first-order valence-electron chi connectivity index (χ1n) is 8.09. The fourth-order valence-electron chi connectivity index (χ4n) is 2.64. The topological polar surface area (TPSA) is 78.9 Å². The van der Waals surface area contributed by atoms with Crippen molar-refractivity contribution >= 4 is 46.3 Å². The highest BCUT2D eigenvalue weighted by Gasteiger charge is 2.39. The van der Waals surface area contributed by atoms with Crippen LogP contribution in [-0.4, -0.2) is 40.9 Å². The number of methoxy groups -OCH3 is 1. The maximum atomic E-state index is 12.8. The van der Waals surface area contributed by atoms with Gasteiger partial charge < -0.3 is 19.4 Å². The number of nitrogens with zero attached hydrogens (tertiary/aromatic N) is 1. The summed E-state index contributed by atoms with van der Waals surface area (Å²) in [7, 11) is 1.54. The van der Waals surface area contributed by atoms with Gasteiger partial charge in [0, 0.05) is 5.56 Å². The Morgan fingerprint density at radius 2 is 2.12 bits per heavy atom. The molecule has 0 bridgehead atoms. The van der Waals surface area contributed by atoms with Gasteiger partial charge in [0.2, 0.25) is 0 Å². The van der Waals surface area contributed by atoms with Crippen molar-refractivity contribution in [3.63, 3.8) is 0 Å². The van der Waals surface area contributed by atoms with E-state index >= 15 is 0 Å². The van der Waals surface area contributed by atoms with Gasteiger partial charge in [-0.3, -0.25) is 9.69 Å². The summed E-state index contributed by atoms with van der Waals surface area (Å²) in [5.74, 6) is -1.05. The third-order valence-electron chi connectivity index (χ3n) is 3.78. The van der Waals surface area contributed by atoms with Crippen molar-refractivity contribution in [2.75, 3.05) is 13.7 Å². The van der Waals surface area contributed by atoms with E-state index in [1.807, 2.05) is 6.92 Å². The van der Waals surface area contributed by atoms with Crippen LogP contribution in [0, 0.1) is 5.92 Å². The lowest BCUT2D eigenvalue weighted by atomic mass is 10.0. The Morgan fingerprint density at radius 1 is 1.42 bits per heavy atom. The van der Waals surface area contributed by atoms with Gasteiger partial charge in [0.05, 0.1) is 30.6 Å². The smallest absolute Gasteiger partial charge is 0.266 e. The van der Waals surface area contributed by atoms with Crippen molar-refractivity contribution in [3.05, 3.63) is 28.7 Å². The average molecular weight is 394 g/mol. The second kappa shape index (κ2) is 8.55. The van der Waals surface area contributed by atoms with E-state index in [1.54, 1.807) is 38.1 Å². The molecule has 1 amide bonds. The van der Waals surface area contributed by atoms with Crippen LogP contribution in [0.1, 0.15) is 26.3 Å². The van der Waals surface area contributed by atoms with Crippen LogP contribution in [0.5, 0.6) is 11.5 Å². The Labute approximate surface area is 162 Å². The molecule has 1 aromatic carbocycles. The molecule has 1 aliphatic rings. The second-order valence-corrected chi connectivity index (χ2v) is 7.55. The van der Waals surface area contributed by atoms with Crippen molar-refractivity contribution in [3.8, 4) is 11.5 Å². The number of para-hydroxylation sites is 1. The van der Waals surface area contributed by atoms with Gasteiger partial charge in [0.1, 0.15) is 4.32 Å². The molecule has 0 spiro atoms. The maximum Gasteiger partial charge on any atom is 0.266 e. The summed E-state index contributed by atoms with van der Waals surface area (Å²) in [5.41, 5.74) is 0.654. The summed E-state index contributed by atoms with van der Waals surface area (Å²) in [6, 6.07) is 4.23. The monoisotopic (exact) mass is 394 g/mol.